The minimum Gasteiger partial charge on any atom is -0.494 e. The van der Waals surface area contributed by atoms with E-state index in [2.05, 4.69) is 25.7 Å². The van der Waals surface area contributed by atoms with Gasteiger partial charge in [-0.1, -0.05) is 27.2 Å². The van der Waals surface area contributed by atoms with Gasteiger partial charge in [-0.15, -0.1) is 0 Å². The monoisotopic (exact) mass is 307 g/mol. The van der Waals surface area contributed by atoms with Crippen LogP contribution in [0, 0.1) is 0 Å². The lowest BCUT2D eigenvalue weighted by Gasteiger charge is -2.20. The molecule has 126 valence electrons. The summed E-state index contributed by atoms with van der Waals surface area (Å²) in [7, 11) is 0. The molecule has 0 amide bonds. The fourth-order valence-electron chi connectivity index (χ4n) is 2.41. The maximum absolute atomic E-state index is 5.81. The van der Waals surface area contributed by atoms with Crippen LogP contribution in [-0.4, -0.2) is 37.7 Å². The van der Waals surface area contributed by atoms with Gasteiger partial charge in [-0.25, -0.2) is 0 Å². The van der Waals surface area contributed by atoms with Crippen LogP contribution in [0.3, 0.4) is 0 Å². The predicted molar refractivity (Wildman–Crippen MR) is 94.0 cm³/mol. The Kier molecular flexibility index (Phi) is 10.6. The van der Waals surface area contributed by atoms with Crippen LogP contribution in [0.15, 0.2) is 24.3 Å². The van der Waals surface area contributed by atoms with Crippen molar-refractivity contribution in [1.82, 2.24) is 4.90 Å². The van der Waals surface area contributed by atoms with Crippen molar-refractivity contribution in [2.24, 2.45) is 0 Å². The van der Waals surface area contributed by atoms with E-state index in [1.807, 2.05) is 24.3 Å². The topological polar surface area (TPSA) is 21.7 Å². The first-order valence-corrected chi connectivity index (χ1v) is 8.88. The van der Waals surface area contributed by atoms with Gasteiger partial charge in [0.05, 0.1) is 13.2 Å². The van der Waals surface area contributed by atoms with Crippen LogP contribution in [0.2, 0.25) is 0 Å². The number of hydrogen-bond donors (Lipinski definition) is 0. The lowest BCUT2D eigenvalue weighted by Crippen LogP contribution is -2.27. The van der Waals surface area contributed by atoms with Gasteiger partial charge in [-0.2, -0.15) is 0 Å². The Hall–Kier alpha value is -1.22. The van der Waals surface area contributed by atoms with Crippen molar-refractivity contribution in [2.75, 3.05) is 32.8 Å². The maximum atomic E-state index is 5.81. The van der Waals surface area contributed by atoms with E-state index in [1.54, 1.807) is 0 Å². The molecular weight excluding hydrogens is 274 g/mol. The van der Waals surface area contributed by atoms with Gasteiger partial charge >= 0.3 is 0 Å². The molecule has 0 N–H and O–H groups in total. The summed E-state index contributed by atoms with van der Waals surface area (Å²) >= 11 is 0. The zero-order valence-corrected chi connectivity index (χ0v) is 14.6. The fourth-order valence-corrected chi connectivity index (χ4v) is 2.41. The highest BCUT2D eigenvalue weighted by Gasteiger charge is 2.02. The lowest BCUT2D eigenvalue weighted by molar-refractivity contribution is 0.234. The zero-order chi connectivity index (χ0) is 16.0. The van der Waals surface area contributed by atoms with Crippen LogP contribution in [0.1, 0.15) is 52.9 Å². The third-order valence-corrected chi connectivity index (χ3v) is 3.56. The summed E-state index contributed by atoms with van der Waals surface area (Å²) in [5, 5.41) is 0. The van der Waals surface area contributed by atoms with Crippen molar-refractivity contribution in [3.63, 3.8) is 0 Å². The third-order valence-electron chi connectivity index (χ3n) is 3.56. The Bertz CT molecular complexity index is 358. The molecule has 22 heavy (non-hydrogen) atoms. The van der Waals surface area contributed by atoms with Gasteiger partial charge in [0.1, 0.15) is 11.5 Å². The van der Waals surface area contributed by atoms with Crippen molar-refractivity contribution in [3.8, 4) is 11.5 Å². The molecular formula is C19H33NO2. The second-order valence-corrected chi connectivity index (χ2v) is 5.72. The molecule has 0 atom stereocenters. The summed E-state index contributed by atoms with van der Waals surface area (Å²) in [6, 6.07) is 7.98. The van der Waals surface area contributed by atoms with E-state index in [9.17, 15) is 0 Å². The average Bonchev–Trinajstić information content (AvgIpc) is 2.53. The molecule has 0 aliphatic heterocycles. The Morgan fingerprint density at radius 1 is 0.682 bits per heavy atom. The van der Waals surface area contributed by atoms with Crippen LogP contribution in [0.5, 0.6) is 11.5 Å². The second-order valence-electron chi connectivity index (χ2n) is 5.72. The first kappa shape index (κ1) is 18.8. The van der Waals surface area contributed by atoms with Crippen LogP contribution >= 0.6 is 0 Å². The van der Waals surface area contributed by atoms with Crippen LogP contribution in [-0.2, 0) is 0 Å². The van der Waals surface area contributed by atoms with Gasteiger partial charge in [0.15, 0.2) is 0 Å². The quantitative estimate of drug-likeness (QED) is 0.491. The molecule has 0 fully saturated rings. The highest BCUT2D eigenvalue weighted by Crippen LogP contribution is 2.18. The minimum atomic E-state index is 0.778. The number of rotatable bonds is 13. The Morgan fingerprint density at radius 2 is 1.18 bits per heavy atom. The molecule has 0 saturated carbocycles. The molecule has 0 heterocycles. The van der Waals surface area contributed by atoms with E-state index in [0.29, 0.717) is 0 Å². The summed E-state index contributed by atoms with van der Waals surface area (Å²) in [5.41, 5.74) is 0. The number of nitrogens with zero attached hydrogens (tertiary/aromatic N) is 1. The molecule has 0 aliphatic rings. The van der Waals surface area contributed by atoms with Crippen LogP contribution < -0.4 is 9.47 Å². The zero-order valence-electron chi connectivity index (χ0n) is 14.6. The summed E-state index contributed by atoms with van der Waals surface area (Å²) < 4.78 is 11.5. The second kappa shape index (κ2) is 12.3. The van der Waals surface area contributed by atoms with Crippen molar-refractivity contribution >= 4 is 0 Å². The Labute approximate surface area is 136 Å². The van der Waals surface area contributed by atoms with Crippen molar-refractivity contribution < 1.29 is 9.47 Å². The van der Waals surface area contributed by atoms with E-state index >= 15 is 0 Å². The normalized spacial score (nSPS) is 10.9. The molecule has 1 aromatic carbocycles. The van der Waals surface area contributed by atoms with E-state index in [4.69, 9.17) is 9.47 Å². The molecule has 1 aromatic rings. The predicted octanol–water partition coefficient (Wildman–Crippen LogP) is 4.76. The average molecular weight is 307 g/mol. The molecule has 0 aliphatic carbocycles. The highest BCUT2D eigenvalue weighted by molar-refractivity contribution is 5.31. The molecule has 0 aromatic heterocycles. The van der Waals surface area contributed by atoms with E-state index in [-0.39, 0.29) is 0 Å². The molecule has 0 saturated heterocycles. The Balaban J connectivity index is 2.21. The largest absolute Gasteiger partial charge is 0.494 e. The van der Waals surface area contributed by atoms with Crippen molar-refractivity contribution in [3.05, 3.63) is 24.3 Å². The van der Waals surface area contributed by atoms with E-state index < -0.39 is 0 Å². The summed E-state index contributed by atoms with van der Waals surface area (Å²) in [5.74, 6) is 1.86. The molecule has 0 radical (unpaired) electrons. The standard InChI is InChI=1S/C19H33NO2/c1-4-7-16-21-18-9-11-19(12-10-18)22-17-8-15-20(13-5-2)14-6-3/h9-12H,4-8,13-17H2,1-3H3. The summed E-state index contributed by atoms with van der Waals surface area (Å²) in [6.45, 7) is 11.7. The van der Waals surface area contributed by atoms with E-state index in [0.717, 1.165) is 50.5 Å². The molecule has 3 nitrogen and oxygen atoms in total. The van der Waals surface area contributed by atoms with Crippen LogP contribution in [0.4, 0.5) is 0 Å². The Morgan fingerprint density at radius 3 is 1.64 bits per heavy atom. The van der Waals surface area contributed by atoms with Gasteiger partial charge in [0.25, 0.3) is 0 Å². The summed E-state index contributed by atoms with van der Waals surface area (Å²) in [4.78, 5) is 2.52. The third kappa shape index (κ3) is 8.28. The van der Waals surface area contributed by atoms with E-state index in [1.165, 1.54) is 25.9 Å². The van der Waals surface area contributed by atoms with Gasteiger partial charge in [0, 0.05) is 6.54 Å². The molecule has 1 rings (SSSR count). The molecule has 3 heteroatoms. The first-order valence-electron chi connectivity index (χ1n) is 8.88. The maximum Gasteiger partial charge on any atom is 0.119 e. The smallest absolute Gasteiger partial charge is 0.119 e. The van der Waals surface area contributed by atoms with Crippen LogP contribution in [0.25, 0.3) is 0 Å². The number of hydrogen-bond acceptors (Lipinski definition) is 3. The van der Waals surface area contributed by atoms with Gasteiger partial charge in [0.2, 0.25) is 0 Å². The van der Waals surface area contributed by atoms with Gasteiger partial charge < -0.3 is 14.4 Å². The van der Waals surface area contributed by atoms with Gasteiger partial charge in [-0.3, -0.25) is 0 Å². The lowest BCUT2D eigenvalue weighted by atomic mass is 10.3. The molecule has 0 unspecified atom stereocenters. The fraction of sp³-hybridized carbons (Fsp3) is 0.684. The van der Waals surface area contributed by atoms with Crippen molar-refractivity contribution in [2.45, 2.75) is 52.9 Å². The highest BCUT2D eigenvalue weighted by atomic mass is 16.5. The number of benzene rings is 1. The molecule has 0 bridgehead atoms. The SMILES string of the molecule is CCCCOc1ccc(OCCCN(CCC)CCC)cc1. The van der Waals surface area contributed by atoms with Gasteiger partial charge in [-0.05, 0) is 63.0 Å². The van der Waals surface area contributed by atoms with Crippen molar-refractivity contribution in [1.29, 1.82) is 0 Å². The number of ether oxygens (including phenoxy) is 2. The summed E-state index contributed by atoms with van der Waals surface area (Å²) in [6.07, 6.45) is 5.79. The number of unbranched alkanes of at least 4 members (excludes halogenated alkanes) is 1. The minimum absolute atomic E-state index is 0.778. The first-order chi connectivity index (χ1) is 10.8. The molecule has 0 spiro atoms.